The number of hydrogen-bond acceptors (Lipinski definition) is 4. The Morgan fingerprint density at radius 1 is 1.07 bits per heavy atom. The van der Waals surface area contributed by atoms with E-state index in [1.54, 1.807) is 19.4 Å². The normalized spacial score (nSPS) is 11.5. The van der Waals surface area contributed by atoms with Crippen molar-refractivity contribution in [1.29, 1.82) is 0 Å². The first-order valence-electron chi connectivity index (χ1n) is 9.34. The van der Waals surface area contributed by atoms with E-state index < -0.39 is 0 Å². The minimum Gasteiger partial charge on any atom is -0.497 e. The minimum atomic E-state index is -0.187. The molecule has 0 fully saturated rings. The Morgan fingerprint density at radius 2 is 1.89 bits per heavy atom. The van der Waals surface area contributed by atoms with Gasteiger partial charge in [-0.05, 0) is 48.7 Å². The molecule has 1 unspecified atom stereocenters. The van der Waals surface area contributed by atoms with Gasteiger partial charge in [-0.15, -0.1) is 0 Å². The summed E-state index contributed by atoms with van der Waals surface area (Å²) in [6.45, 7) is 2.71. The van der Waals surface area contributed by atoms with Crippen LogP contribution in [0.3, 0.4) is 0 Å². The van der Waals surface area contributed by atoms with E-state index in [4.69, 9.17) is 4.74 Å². The van der Waals surface area contributed by atoms with Gasteiger partial charge in [0, 0.05) is 18.4 Å². The maximum Gasteiger partial charge on any atom is 0.270 e. The molecular weight excluding hydrogens is 350 g/mol. The maximum absolute atomic E-state index is 12.5. The van der Waals surface area contributed by atoms with Crippen molar-refractivity contribution < 1.29 is 9.53 Å². The first-order valence-corrected chi connectivity index (χ1v) is 9.34. The van der Waals surface area contributed by atoms with Gasteiger partial charge in [0.1, 0.15) is 11.4 Å². The number of pyridine rings is 1. The number of carbonyl (C=O) groups is 1. The summed E-state index contributed by atoms with van der Waals surface area (Å²) in [5.41, 5.74) is 3.52. The average molecular weight is 375 g/mol. The lowest BCUT2D eigenvalue weighted by molar-refractivity contribution is 0.0935. The number of methoxy groups -OCH3 is 1. The fourth-order valence-corrected chi connectivity index (χ4v) is 2.94. The number of aromatic nitrogens is 1. The van der Waals surface area contributed by atoms with Gasteiger partial charge in [-0.25, -0.2) is 0 Å². The molecular formula is C23H25N3O2. The molecule has 2 N–H and O–H groups in total. The lowest BCUT2D eigenvalue weighted by atomic mass is 10.1. The predicted octanol–water partition coefficient (Wildman–Crippen LogP) is 4.24. The van der Waals surface area contributed by atoms with Crippen LogP contribution in [-0.2, 0) is 6.42 Å². The van der Waals surface area contributed by atoms with E-state index in [9.17, 15) is 4.79 Å². The summed E-state index contributed by atoms with van der Waals surface area (Å²) in [4.78, 5) is 16.7. The highest BCUT2D eigenvalue weighted by Crippen LogP contribution is 2.15. The molecule has 5 nitrogen and oxygen atoms in total. The Bertz CT molecular complexity index is 912. The van der Waals surface area contributed by atoms with Crippen molar-refractivity contribution >= 4 is 11.6 Å². The summed E-state index contributed by atoms with van der Waals surface area (Å²) >= 11 is 0. The molecule has 2 aromatic carbocycles. The number of nitrogens with zero attached hydrogens (tertiary/aromatic N) is 1. The number of anilines is 1. The van der Waals surface area contributed by atoms with Crippen LogP contribution >= 0.6 is 0 Å². The van der Waals surface area contributed by atoms with Crippen molar-refractivity contribution in [3.8, 4) is 5.75 Å². The van der Waals surface area contributed by atoms with Gasteiger partial charge in [-0.2, -0.15) is 0 Å². The number of nitrogens with one attached hydrogen (secondary N) is 2. The van der Waals surface area contributed by atoms with Gasteiger partial charge >= 0.3 is 0 Å². The molecule has 1 amide bonds. The zero-order valence-electron chi connectivity index (χ0n) is 16.2. The second-order valence-corrected chi connectivity index (χ2v) is 6.56. The zero-order chi connectivity index (χ0) is 19.8. The summed E-state index contributed by atoms with van der Waals surface area (Å²) < 4.78 is 5.25. The second kappa shape index (κ2) is 9.55. The van der Waals surface area contributed by atoms with E-state index in [1.165, 1.54) is 5.56 Å². The van der Waals surface area contributed by atoms with Crippen molar-refractivity contribution in [3.05, 3.63) is 89.7 Å². The van der Waals surface area contributed by atoms with Crippen LogP contribution in [0.2, 0.25) is 0 Å². The van der Waals surface area contributed by atoms with Crippen LogP contribution in [0.4, 0.5) is 5.69 Å². The van der Waals surface area contributed by atoms with Gasteiger partial charge in [0.2, 0.25) is 0 Å². The maximum atomic E-state index is 12.5. The van der Waals surface area contributed by atoms with Gasteiger partial charge in [0.05, 0.1) is 13.2 Å². The van der Waals surface area contributed by atoms with Crippen LogP contribution in [0.5, 0.6) is 5.75 Å². The van der Waals surface area contributed by atoms with E-state index in [0.717, 1.165) is 30.0 Å². The van der Waals surface area contributed by atoms with Crippen LogP contribution < -0.4 is 15.4 Å². The monoisotopic (exact) mass is 375 g/mol. The molecule has 0 saturated carbocycles. The van der Waals surface area contributed by atoms with Crippen LogP contribution in [0, 0.1) is 0 Å². The smallest absolute Gasteiger partial charge is 0.270 e. The molecule has 3 rings (SSSR count). The van der Waals surface area contributed by atoms with E-state index in [-0.39, 0.29) is 11.9 Å². The molecule has 144 valence electrons. The van der Waals surface area contributed by atoms with E-state index >= 15 is 0 Å². The average Bonchev–Trinajstić information content (AvgIpc) is 2.74. The molecule has 5 heteroatoms. The van der Waals surface area contributed by atoms with Crippen molar-refractivity contribution in [2.45, 2.75) is 19.4 Å². The molecule has 3 aromatic rings. The van der Waals surface area contributed by atoms with E-state index in [2.05, 4.69) is 21.7 Å². The van der Waals surface area contributed by atoms with E-state index in [1.807, 2.05) is 61.5 Å². The highest BCUT2D eigenvalue weighted by molar-refractivity contribution is 5.93. The summed E-state index contributed by atoms with van der Waals surface area (Å²) in [5.74, 6) is 0.667. The predicted molar refractivity (Wildman–Crippen MR) is 112 cm³/mol. The zero-order valence-corrected chi connectivity index (χ0v) is 16.2. The van der Waals surface area contributed by atoms with Crippen molar-refractivity contribution in [2.75, 3.05) is 19.0 Å². The summed E-state index contributed by atoms with van der Waals surface area (Å²) in [6.07, 6.45) is 2.50. The molecule has 1 atom stereocenters. The third-order valence-electron chi connectivity index (χ3n) is 4.52. The molecule has 0 saturated heterocycles. The quantitative estimate of drug-likeness (QED) is 0.618. The largest absolute Gasteiger partial charge is 0.497 e. The third-order valence-corrected chi connectivity index (χ3v) is 4.52. The number of benzene rings is 2. The highest BCUT2D eigenvalue weighted by atomic mass is 16.5. The van der Waals surface area contributed by atoms with E-state index in [0.29, 0.717) is 5.69 Å². The van der Waals surface area contributed by atoms with Crippen LogP contribution in [0.15, 0.2) is 72.9 Å². The first kappa shape index (κ1) is 19.4. The van der Waals surface area contributed by atoms with Gasteiger partial charge < -0.3 is 15.4 Å². The number of ether oxygens (including phenoxy) is 1. The number of amides is 1. The second-order valence-electron chi connectivity index (χ2n) is 6.56. The molecule has 0 bridgehead atoms. The molecule has 1 heterocycles. The SMILES string of the molecule is COc1cccc(CCNc2ccnc(C(=O)NC(C)c3ccccc3)c2)c1. The number of carbonyl (C=O) groups excluding carboxylic acids is 1. The molecule has 0 aliphatic heterocycles. The Balaban J connectivity index is 1.56. The van der Waals surface area contributed by atoms with Gasteiger partial charge in [0.25, 0.3) is 5.91 Å². The fourth-order valence-electron chi connectivity index (χ4n) is 2.94. The van der Waals surface area contributed by atoms with Crippen molar-refractivity contribution in [1.82, 2.24) is 10.3 Å². The van der Waals surface area contributed by atoms with Crippen LogP contribution in [-0.4, -0.2) is 24.5 Å². The summed E-state index contributed by atoms with van der Waals surface area (Å²) in [6, 6.07) is 21.4. The third kappa shape index (κ3) is 5.33. The molecule has 28 heavy (non-hydrogen) atoms. The van der Waals surface area contributed by atoms with Gasteiger partial charge in [-0.3, -0.25) is 9.78 Å². The molecule has 0 spiro atoms. The lowest BCUT2D eigenvalue weighted by Gasteiger charge is -2.14. The van der Waals surface area contributed by atoms with Crippen molar-refractivity contribution in [3.63, 3.8) is 0 Å². The Labute approximate surface area is 165 Å². The minimum absolute atomic E-state index is 0.0832. The van der Waals surface area contributed by atoms with Crippen LogP contribution in [0.1, 0.15) is 34.6 Å². The topological polar surface area (TPSA) is 63.2 Å². The summed E-state index contributed by atoms with van der Waals surface area (Å²) in [5, 5.41) is 6.34. The Hall–Kier alpha value is -3.34. The fraction of sp³-hybridized carbons (Fsp3) is 0.217. The van der Waals surface area contributed by atoms with Gasteiger partial charge in [0.15, 0.2) is 0 Å². The molecule has 0 radical (unpaired) electrons. The summed E-state index contributed by atoms with van der Waals surface area (Å²) in [7, 11) is 1.67. The number of rotatable bonds is 8. The van der Waals surface area contributed by atoms with Crippen molar-refractivity contribution in [2.24, 2.45) is 0 Å². The van der Waals surface area contributed by atoms with Gasteiger partial charge in [-0.1, -0.05) is 42.5 Å². The van der Waals surface area contributed by atoms with Crippen LogP contribution in [0.25, 0.3) is 0 Å². The Kier molecular flexibility index (Phi) is 6.63. The number of hydrogen-bond donors (Lipinski definition) is 2. The molecule has 0 aliphatic carbocycles. The Morgan fingerprint density at radius 3 is 2.68 bits per heavy atom. The molecule has 0 aliphatic rings. The highest BCUT2D eigenvalue weighted by Gasteiger charge is 2.12. The molecule has 1 aromatic heterocycles. The lowest BCUT2D eigenvalue weighted by Crippen LogP contribution is -2.27. The standard InChI is InChI=1S/C23H25N3O2/c1-17(19-8-4-3-5-9-19)26-23(27)22-16-20(12-14-25-22)24-13-11-18-7-6-10-21(15-18)28-2/h3-10,12,14-17H,11,13H2,1-2H3,(H,24,25)(H,26,27). The first-order chi connectivity index (χ1) is 13.7.